The number of rotatable bonds is 6. The van der Waals surface area contributed by atoms with Crippen LogP contribution in [0.3, 0.4) is 0 Å². The van der Waals surface area contributed by atoms with Crippen LogP contribution in [-0.4, -0.2) is 55.6 Å². The fraction of sp³-hybridized carbons (Fsp3) is 0.857. The SMILES string of the molecule is CC1(C(=O)O)COCC1NC(=O)NCCOC1CCCC1. The van der Waals surface area contributed by atoms with Crippen LogP contribution in [0.2, 0.25) is 0 Å². The van der Waals surface area contributed by atoms with Gasteiger partial charge in [0.15, 0.2) is 0 Å². The molecule has 7 heteroatoms. The maximum Gasteiger partial charge on any atom is 0.315 e. The third-order valence-corrected chi connectivity index (χ3v) is 4.29. The van der Waals surface area contributed by atoms with Crippen molar-refractivity contribution in [3.8, 4) is 0 Å². The van der Waals surface area contributed by atoms with Gasteiger partial charge in [-0.2, -0.15) is 0 Å². The van der Waals surface area contributed by atoms with E-state index in [1.807, 2.05) is 0 Å². The summed E-state index contributed by atoms with van der Waals surface area (Å²) in [5.41, 5.74) is -1.07. The smallest absolute Gasteiger partial charge is 0.315 e. The highest BCUT2D eigenvalue weighted by atomic mass is 16.5. The van der Waals surface area contributed by atoms with Gasteiger partial charge in [0, 0.05) is 6.54 Å². The fourth-order valence-corrected chi connectivity index (χ4v) is 2.74. The van der Waals surface area contributed by atoms with Crippen LogP contribution in [0.1, 0.15) is 32.6 Å². The average molecular weight is 300 g/mol. The molecule has 2 aliphatic rings. The largest absolute Gasteiger partial charge is 0.481 e. The molecule has 0 radical (unpaired) electrons. The molecule has 2 unspecified atom stereocenters. The highest BCUT2D eigenvalue weighted by molar-refractivity contribution is 5.79. The third-order valence-electron chi connectivity index (χ3n) is 4.29. The van der Waals surface area contributed by atoms with Crippen molar-refractivity contribution in [1.29, 1.82) is 0 Å². The minimum atomic E-state index is -1.07. The molecule has 2 atom stereocenters. The summed E-state index contributed by atoms with van der Waals surface area (Å²) in [5.74, 6) is -0.963. The second kappa shape index (κ2) is 7.09. The summed E-state index contributed by atoms with van der Waals surface area (Å²) < 4.78 is 10.8. The van der Waals surface area contributed by atoms with Gasteiger partial charge in [0.2, 0.25) is 0 Å². The summed E-state index contributed by atoms with van der Waals surface area (Å²) in [6, 6.07) is -0.904. The molecule has 120 valence electrons. The van der Waals surface area contributed by atoms with E-state index < -0.39 is 17.4 Å². The Labute approximate surface area is 124 Å². The van der Waals surface area contributed by atoms with E-state index >= 15 is 0 Å². The van der Waals surface area contributed by atoms with Crippen molar-refractivity contribution in [2.24, 2.45) is 5.41 Å². The molecule has 1 saturated heterocycles. The van der Waals surface area contributed by atoms with Crippen molar-refractivity contribution in [1.82, 2.24) is 10.6 Å². The number of hydrogen-bond acceptors (Lipinski definition) is 4. The Kier molecular flexibility index (Phi) is 5.41. The molecule has 1 heterocycles. The first-order valence-electron chi connectivity index (χ1n) is 7.49. The van der Waals surface area contributed by atoms with Gasteiger partial charge >= 0.3 is 12.0 Å². The number of amides is 2. The van der Waals surface area contributed by atoms with Crippen LogP contribution in [0.5, 0.6) is 0 Å². The monoisotopic (exact) mass is 300 g/mol. The summed E-state index contributed by atoms with van der Waals surface area (Å²) in [7, 11) is 0. The first-order valence-corrected chi connectivity index (χ1v) is 7.49. The van der Waals surface area contributed by atoms with Crippen LogP contribution in [-0.2, 0) is 14.3 Å². The van der Waals surface area contributed by atoms with Crippen LogP contribution < -0.4 is 10.6 Å². The summed E-state index contributed by atoms with van der Waals surface area (Å²) in [6.07, 6.45) is 4.96. The molecule has 2 rings (SSSR count). The van der Waals surface area contributed by atoms with Gasteiger partial charge in [0.05, 0.1) is 32.0 Å². The third kappa shape index (κ3) is 4.07. The van der Waals surface area contributed by atoms with Gasteiger partial charge in [-0.25, -0.2) is 4.79 Å². The standard InChI is InChI=1S/C14H24N2O5/c1-14(12(17)18)9-20-8-11(14)16-13(19)15-6-7-21-10-4-2-3-5-10/h10-11H,2-9H2,1H3,(H,17,18)(H2,15,16,19). The first-order chi connectivity index (χ1) is 10.0. The van der Waals surface area contributed by atoms with Crippen molar-refractivity contribution >= 4 is 12.0 Å². The Morgan fingerprint density at radius 2 is 2.10 bits per heavy atom. The van der Waals surface area contributed by atoms with Gasteiger partial charge in [-0.15, -0.1) is 0 Å². The molecular formula is C14H24N2O5. The number of ether oxygens (including phenoxy) is 2. The zero-order valence-corrected chi connectivity index (χ0v) is 12.4. The van der Waals surface area contributed by atoms with Crippen molar-refractivity contribution < 1.29 is 24.2 Å². The highest BCUT2D eigenvalue weighted by Gasteiger charge is 2.47. The highest BCUT2D eigenvalue weighted by Crippen LogP contribution is 2.28. The quantitative estimate of drug-likeness (QED) is 0.629. The van der Waals surface area contributed by atoms with E-state index in [2.05, 4.69) is 10.6 Å². The molecule has 2 fully saturated rings. The van der Waals surface area contributed by atoms with Crippen molar-refractivity contribution in [3.63, 3.8) is 0 Å². The first kappa shape index (κ1) is 16.0. The van der Waals surface area contributed by atoms with Crippen LogP contribution in [0.25, 0.3) is 0 Å². The molecule has 0 aromatic rings. The second-order valence-electron chi connectivity index (χ2n) is 5.97. The number of carboxylic acid groups (broad SMARTS) is 1. The van der Waals surface area contributed by atoms with Crippen molar-refractivity contribution in [2.45, 2.75) is 44.8 Å². The van der Waals surface area contributed by atoms with E-state index in [0.717, 1.165) is 12.8 Å². The van der Waals surface area contributed by atoms with E-state index in [1.54, 1.807) is 6.92 Å². The lowest BCUT2D eigenvalue weighted by molar-refractivity contribution is -0.148. The maximum absolute atomic E-state index is 11.8. The van der Waals surface area contributed by atoms with Gasteiger partial charge in [-0.3, -0.25) is 4.79 Å². The Morgan fingerprint density at radius 3 is 2.76 bits per heavy atom. The molecule has 1 aliphatic heterocycles. The predicted molar refractivity (Wildman–Crippen MR) is 75.1 cm³/mol. The lowest BCUT2D eigenvalue weighted by Gasteiger charge is -2.25. The average Bonchev–Trinajstić information content (AvgIpc) is 3.06. The Morgan fingerprint density at radius 1 is 1.38 bits per heavy atom. The van der Waals surface area contributed by atoms with Crippen LogP contribution >= 0.6 is 0 Å². The zero-order valence-electron chi connectivity index (χ0n) is 12.4. The zero-order chi connectivity index (χ0) is 15.3. The Bertz CT molecular complexity index is 384. The lowest BCUT2D eigenvalue weighted by Crippen LogP contribution is -2.52. The number of nitrogens with one attached hydrogen (secondary N) is 2. The lowest BCUT2D eigenvalue weighted by atomic mass is 9.85. The van der Waals surface area contributed by atoms with E-state index in [1.165, 1.54) is 12.8 Å². The summed E-state index contributed by atoms with van der Waals surface area (Å²) >= 11 is 0. The Hall–Kier alpha value is -1.34. The molecule has 3 N–H and O–H groups in total. The summed E-state index contributed by atoms with van der Waals surface area (Å²) in [5, 5.41) is 14.6. The van der Waals surface area contributed by atoms with Crippen LogP contribution in [0.15, 0.2) is 0 Å². The molecule has 0 bridgehead atoms. The number of carbonyl (C=O) groups is 2. The molecule has 0 aromatic heterocycles. The Balaban J connectivity index is 1.65. The molecule has 0 aromatic carbocycles. The molecule has 1 saturated carbocycles. The van der Waals surface area contributed by atoms with Crippen LogP contribution in [0.4, 0.5) is 4.79 Å². The fourth-order valence-electron chi connectivity index (χ4n) is 2.74. The number of carboxylic acids is 1. The van der Waals surface area contributed by atoms with E-state index in [0.29, 0.717) is 19.3 Å². The second-order valence-corrected chi connectivity index (χ2v) is 5.97. The van der Waals surface area contributed by atoms with Gasteiger partial charge in [-0.05, 0) is 19.8 Å². The minimum Gasteiger partial charge on any atom is -0.481 e. The number of carbonyl (C=O) groups excluding carboxylic acids is 1. The molecule has 7 nitrogen and oxygen atoms in total. The van der Waals surface area contributed by atoms with Gasteiger partial charge in [0.25, 0.3) is 0 Å². The van der Waals surface area contributed by atoms with Gasteiger partial charge in [0.1, 0.15) is 5.41 Å². The topological polar surface area (TPSA) is 96.9 Å². The van der Waals surface area contributed by atoms with Gasteiger partial charge in [-0.1, -0.05) is 12.8 Å². The molecule has 0 spiro atoms. The maximum atomic E-state index is 11.8. The van der Waals surface area contributed by atoms with Crippen molar-refractivity contribution in [2.75, 3.05) is 26.4 Å². The molecule has 2 amide bonds. The minimum absolute atomic E-state index is 0.109. The predicted octanol–water partition coefficient (Wildman–Crippen LogP) is 0.734. The number of aliphatic carboxylic acids is 1. The molecule has 21 heavy (non-hydrogen) atoms. The summed E-state index contributed by atoms with van der Waals surface area (Å²) in [4.78, 5) is 23.0. The number of hydrogen-bond donors (Lipinski definition) is 3. The molecular weight excluding hydrogens is 276 g/mol. The van der Waals surface area contributed by atoms with Gasteiger partial charge < -0.3 is 25.2 Å². The van der Waals surface area contributed by atoms with Crippen molar-refractivity contribution in [3.05, 3.63) is 0 Å². The number of urea groups is 1. The normalized spacial score (nSPS) is 29.5. The summed E-state index contributed by atoms with van der Waals surface area (Å²) in [6.45, 7) is 2.80. The molecule has 1 aliphatic carbocycles. The van der Waals surface area contributed by atoms with E-state index in [-0.39, 0.29) is 19.2 Å². The van der Waals surface area contributed by atoms with Crippen LogP contribution in [0, 0.1) is 5.41 Å². The van der Waals surface area contributed by atoms with E-state index in [9.17, 15) is 14.7 Å². The van der Waals surface area contributed by atoms with E-state index in [4.69, 9.17) is 9.47 Å².